The van der Waals surface area contributed by atoms with Gasteiger partial charge in [0.05, 0.1) is 27.4 Å². The standard InChI is InChI=1S/C44H36N14O14S4/c59-35-29(57-55-26-9-3-1-7-24(26)37(61)62)13-12-22-18-23(75(67,68)69)20-30(33(22)35)48-42-50-40(52-44(66)54-42)46-15-17-74-73-16-14-45-39-49-41(53-43(65)51-39)47-28-11-5-6-21-19-31(76(70,71)72)34(36(60)32(21)28)58-56-27-10-4-2-8-25(27)38(63)64/h1-13,18-20,59-60H,14-17H2,(H,61,62)(H,63,64)(H,67,68,69)(H,70,71,72)(H3,45,47,49,51,53,65)(H3,46,48,50,52,54,66). The van der Waals surface area contributed by atoms with Crippen LogP contribution in [0, 0.1) is 0 Å². The molecule has 0 radical (unpaired) electrons. The number of nitrogens with one attached hydrogen (secondary N) is 6. The third-order valence-electron chi connectivity index (χ3n) is 10.3. The molecule has 2 aromatic heterocycles. The summed E-state index contributed by atoms with van der Waals surface area (Å²) in [5.41, 5.74) is -3.18. The highest BCUT2D eigenvalue weighted by Gasteiger charge is 2.25. The Morgan fingerprint density at radius 3 is 1.63 bits per heavy atom. The molecule has 0 spiro atoms. The molecule has 8 aromatic rings. The van der Waals surface area contributed by atoms with E-state index in [9.17, 15) is 65.5 Å². The summed E-state index contributed by atoms with van der Waals surface area (Å²) in [6.07, 6.45) is 0. The Bertz CT molecular complexity index is 4030. The maximum absolute atomic E-state index is 12.6. The predicted octanol–water partition coefficient (Wildman–Crippen LogP) is 7.47. The monoisotopic (exact) mass is 1110 g/mol. The number of H-pyrrole nitrogens is 2. The first kappa shape index (κ1) is 53.2. The highest BCUT2D eigenvalue weighted by atomic mass is 33.1. The maximum Gasteiger partial charge on any atom is 0.351 e. The largest absolute Gasteiger partial charge is 0.505 e. The van der Waals surface area contributed by atoms with Gasteiger partial charge in [0.1, 0.15) is 27.6 Å². The van der Waals surface area contributed by atoms with Gasteiger partial charge in [-0.1, -0.05) is 64.1 Å². The van der Waals surface area contributed by atoms with Crippen LogP contribution in [-0.4, -0.2) is 113 Å². The lowest BCUT2D eigenvalue weighted by molar-refractivity contribution is 0.0687. The van der Waals surface area contributed by atoms with Gasteiger partial charge in [0, 0.05) is 35.4 Å². The molecule has 0 unspecified atom stereocenters. The summed E-state index contributed by atoms with van der Waals surface area (Å²) in [5.74, 6) is -3.59. The number of phenolic OH excluding ortho intramolecular Hbond substituents is 2. The van der Waals surface area contributed by atoms with Gasteiger partial charge in [-0.05, 0) is 65.4 Å². The quantitative estimate of drug-likeness (QED) is 0.0143. The van der Waals surface area contributed by atoms with Crippen LogP contribution < -0.4 is 32.6 Å². The van der Waals surface area contributed by atoms with E-state index in [1.807, 2.05) is 0 Å². The molecule has 76 heavy (non-hydrogen) atoms. The zero-order valence-electron chi connectivity index (χ0n) is 38.2. The summed E-state index contributed by atoms with van der Waals surface area (Å²) >= 11 is 0. The lowest BCUT2D eigenvalue weighted by atomic mass is 10.1. The first-order valence-corrected chi connectivity index (χ1v) is 26.8. The first-order chi connectivity index (χ1) is 36.2. The number of nitrogens with zero attached hydrogens (tertiary/aromatic N) is 8. The van der Waals surface area contributed by atoms with Crippen molar-refractivity contribution in [1.29, 1.82) is 0 Å². The van der Waals surface area contributed by atoms with Crippen LogP contribution in [0.15, 0.2) is 137 Å². The molecule has 0 aliphatic carbocycles. The molecule has 8 rings (SSSR count). The number of phenols is 2. The number of carboxylic acid groups (broad SMARTS) is 2. The molecule has 32 heteroatoms. The van der Waals surface area contributed by atoms with Crippen molar-refractivity contribution in [3.05, 3.63) is 129 Å². The molecule has 390 valence electrons. The first-order valence-electron chi connectivity index (χ1n) is 21.5. The van der Waals surface area contributed by atoms with E-state index in [0.717, 1.165) is 18.2 Å². The molecule has 0 saturated carbocycles. The SMILES string of the molecule is O=C(O)c1ccccc1N=Nc1ccc2cc(S(=O)(=O)O)cc(Nc3nc(NCCSSCCNc4nc(Nc5cccc6cc(S(=O)(=O)O)c(N=Nc7ccccc7C(=O)O)c(O)c56)[nH]c(=O)n4)nc(=O)[nH]3)c2c1O. The van der Waals surface area contributed by atoms with Crippen LogP contribution in [-0.2, 0) is 20.2 Å². The number of aromatic carboxylic acids is 2. The zero-order chi connectivity index (χ0) is 54.3. The lowest BCUT2D eigenvalue weighted by Crippen LogP contribution is -2.19. The molecule has 2 heterocycles. The number of hydrogen-bond donors (Lipinski definition) is 12. The topological polar surface area (TPSA) is 439 Å². The van der Waals surface area contributed by atoms with Crippen LogP contribution in [0.4, 0.5) is 57.9 Å². The number of rotatable bonds is 21. The third-order valence-corrected chi connectivity index (χ3v) is 14.4. The minimum atomic E-state index is -5.01. The van der Waals surface area contributed by atoms with Crippen molar-refractivity contribution in [1.82, 2.24) is 29.9 Å². The number of aromatic nitrogens is 6. The van der Waals surface area contributed by atoms with Gasteiger partial charge in [-0.25, -0.2) is 19.2 Å². The van der Waals surface area contributed by atoms with Crippen molar-refractivity contribution < 1.29 is 56.0 Å². The maximum atomic E-state index is 12.6. The second-order valence-corrected chi connectivity index (χ2v) is 20.9. The Morgan fingerprint density at radius 2 is 1.08 bits per heavy atom. The number of aromatic hydroxyl groups is 2. The summed E-state index contributed by atoms with van der Waals surface area (Å²) in [6, 6.07) is 21.3. The number of aromatic amines is 2. The van der Waals surface area contributed by atoms with Gasteiger partial charge < -0.3 is 41.7 Å². The molecule has 0 saturated heterocycles. The highest BCUT2D eigenvalue weighted by Crippen LogP contribution is 2.45. The summed E-state index contributed by atoms with van der Waals surface area (Å²) < 4.78 is 69.2. The third kappa shape index (κ3) is 12.6. The number of carboxylic acids is 2. The second-order valence-electron chi connectivity index (χ2n) is 15.4. The van der Waals surface area contributed by atoms with E-state index in [-0.39, 0.29) is 98.0 Å². The molecule has 0 aliphatic rings. The van der Waals surface area contributed by atoms with Crippen molar-refractivity contribution in [2.45, 2.75) is 9.79 Å². The van der Waals surface area contributed by atoms with Crippen molar-refractivity contribution in [2.75, 3.05) is 45.9 Å². The fourth-order valence-corrected chi connectivity index (χ4v) is 10.1. The van der Waals surface area contributed by atoms with Gasteiger partial charge in [-0.3, -0.25) is 19.1 Å². The number of carbonyl (C=O) groups is 2. The molecule has 0 fully saturated rings. The normalized spacial score (nSPS) is 11.9. The molecular weight excluding hydrogens is 1080 g/mol. The predicted molar refractivity (Wildman–Crippen MR) is 280 cm³/mol. The van der Waals surface area contributed by atoms with E-state index in [0.29, 0.717) is 11.5 Å². The highest BCUT2D eigenvalue weighted by molar-refractivity contribution is 8.76. The fourth-order valence-electron chi connectivity index (χ4n) is 7.06. The summed E-state index contributed by atoms with van der Waals surface area (Å²) in [6.45, 7) is 0.504. The van der Waals surface area contributed by atoms with Gasteiger partial charge in [-0.15, -0.1) is 20.5 Å². The van der Waals surface area contributed by atoms with Crippen LogP contribution in [0.5, 0.6) is 11.5 Å². The molecule has 0 bridgehead atoms. The Balaban J connectivity index is 0.890. The number of fused-ring (bicyclic) bond motifs is 2. The van der Waals surface area contributed by atoms with Gasteiger partial charge in [-0.2, -0.15) is 36.8 Å². The molecule has 0 atom stereocenters. The van der Waals surface area contributed by atoms with Gasteiger partial charge >= 0.3 is 23.3 Å². The Morgan fingerprint density at radius 1 is 0.566 bits per heavy atom. The molecule has 0 amide bonds. The van der Waals surface area contributed by atoms with Crippen LogP contribution in [0.2, 0.25) is 0 Å². The average Bonchev–Trinajstić information content (AvgIpc) is 3.37. The molecule has 12 N–H and O–H groups in total. The van der Waals surface area contributed by atoms with Gasteiger partial charge in [0.15, 0.2) is 11.5 Å². The van der Waals surface area contributed by atoms with Gasteiger partial charge in [0.25, 0.3) is 20.2 Å². The molecule has 6 aromatic carbocycles. The average molecular weight is 1110 g/mol. The fraction of sp³-hybridized carbons (Fsp3) is 0.0909. The summed E-state index contributed by atoms with van der Waals surface area (Å²) in [4.78, 5) is 68.2. The molecular formula is C44H36N14O14S4. The Kier molecular flexibility index (Phi) is 15.8. The van der Waals surface area contributed by atoms with Crippen molar-refractivity contribution in [3.8, 4) is 11.5 Å². The van der Waals surface area contributed by atoms with Crippen LogP contribution in [0.1, 0.15) is 20.7 Å². The van der Waals surface area contributed by atoms with E-state index < -0.39 is 70.5 Å². The summed E-state index contributed by atoms with van der Waals surface area (Å²) in [5, 5.41) is 69.0. The number of benzene rings is 6. The van der Waals surface area contributed by atoms with Crippen LogP contribution in [0.3, 0.4) is 0 Å². The van der Waals surface area contributed by atoms with Crippen LogP contribution in [0.25, 0.3) is 21.5 Å². The number of anilines is 6. The van der Waals surface area contributed by atoms with E-state index in [4.69, 9.17) is 0 Å². The summed E-state index contributed by atoms with van der Waals surface area (Å²) in [7, 11) is -6.97. The smallest absolute Gasteiger partial charge is 0.351 e. The second kappa shape index (κ2) is 22.6. The minimum Gasteiger partial charge on any atom is -0.505 e. The Hall–Kier alpha value is -9.08. The Labute approximate surface area is 433 Å². The van der Waals surface area contributed by atoms with E-state index >= 15 is 0 Å². The zero-order valence-corrected chi connectivity index (χ0v) is 41.5. The van der Waals surface area contributed by atoms with Crippen molar-refractivity contribution in [3.63, 3.8) is 0 Å². The number of azo groups is 2. The van der Waals surface area contributed by atoms with Crippen molar-refractivity contribution >= 4 is 133 Å². The molecule has 0 aliphatic heterocycles. The number of hydrogen-bond acceptors (Lipinski definition) is 24. The van der Waals surface area contributed by atoms with Gasteiger partial charge in [0.2, 0.25) is 23.8 Å². The van der Waals surface area contributed by atoms with E-state index in [1.54, 1.807) is 6.07 Å². The van der Waals surface area contributed by atoms with E-state index in [1.165, 1.54) is 94.4 Å². The lowest BCUT2D eigenvalue weighted by Gasteiger charge is -2.14. The van der Waals surface area contributed by atoms with Crippen molar-refractivity contribution in [2.24, 2.45) is 20.5 Å². The van der Waals surface area contributed by atoms with Crippen LogP contribution >= 0.6 is 21.6 Å². The minimum absolute atomic E-state index is 0.0110. The molecule has 28 nitrogen and oxygen atoms in total. The van der Waals surface area contributed by atoms with E-state index in [2.05, 4.69) is 71.6 Å².